The molecule has 9 heteroatoms. The van der Waals surface area contributed by atoms with Gasteiger partial charge in [-0.1, -0.05) is 12.2 Å². The fourth-order valence-electron chi connectivity index (χ4n) is 4.60. The quantitative estimate of drug-likeness (QED) is 0.536. The lowest BCUT2D eigenvalue weighted by Crippen LogP contribution is -2.38. The molecular weight excluding hydrogens is 440 g/mol. The average Bonchev–Trinajstić information content (AvgIpc) is 2.76. The van der Waals surface area contributed by atoms with Crippen LogP contribution in [0.3, 0.4) is 0 Å². The molecule has 1 amide bonds. The van der Waals surface area contributed by atoms with E-state index in [2.05, 4.69) is 26.3 Å². The third kappa shape index (κ3) is 6.17. The van der Waals surface area contributed by atoms with Crippen LogP contribution < -0.4 is 20.3 Å². The molecule has 0 saturated carbocycles. The minimum atomic E-state index is -3.66. The summed E-state index contributed by atoms with van der Waals surface area (Å²) in [4.78, 5) is 15.5. The molecule has 1 atom stereocenters. The van der Waals surface area contributed by atoms with Crippen LogP contribution in [-0.4, -0.2) is 51.4 Å². The van der Waals surface area contributed by atoms with E-state index in [1.807, 2.05) is 18.2 Å². The molecule has 4 N–H and O–H groups in total. The zero-order valence-electron chi connectivity index (χ0n) is 18.7. The minimum absolute atomic E-state index is 0.217. The van der Waals surface area contributed by atoms with Crippen LogP contribution in [-0.2, 0) is 10.0 Å². The highest BCUT2D eigenvalue weighted by atomic mass is 32.2. The number of hydrogen-bond donors (Lipinski definition) is 4. The van der Waals surface area contributed by atoms with Crippen molar-refractivity contribution in [2.75, 3.05) is 41.6 Å². The third-order valence-electron chi connectivity index (χ3n) is 6.25. The molecule has 0 radical (unpaired) electrons. The number of nitrogens with one attached hydrogen (secondary N) is 3. The number of aliphatic hydroxyl groups excluding tert-OH is 1. The molecule has 4 bridgehead atoms. The summed E-state index contributed by atoms with van der Waals surface area (Å²) in [6.45, 7) is 2.07. The summed E-state index contributed by atoms with van der Waals surface area (Å²) in [5.41, 5.74) is 3.58. The van der Waals surface area contributed by atoms with Crippen molar-refractivity contribution in [1.82, 2.24) is 10.6 Å². The summed E-state index contributed by atoms with van der Waals surface area (Å²) in [5, 5.41) is 15.6. The van der Waals surface area contributed by atoms with Gasteiger partial charge in [0.25, 0.3) is 5.91 Å². The average molecular weight is 473 g/mol. The first-order valence-corrected chi connectivity index (χ1v) is 13.2. The number of piperidine rings is 1. The van der Waals surface area contributed by atoms with Crippen molar-refractivity contribution in [2.24, 2.45) is 5.92 Å². The van der Waals surface area contributed by atoms with Crippen molar-refractivity contribution in [3.05, 3.63) is 59.5 Å². The van der Waals surface area contributed by atoms with Crippen molar-refractivity contribution >= 4 is 27.3 Å². The number of aliphatic hydroxyl groups is 1. The fourth-order valence-corrected chi connectivity index (χ4v) is 5.43. The van der Waals surface area contributed by atoms with E-state index in [1.165, 1.54) is 5.70 Å². The second kappa shape index (κ2) is 10.4. The van der Waals surface area contributed by atoms with Gasteiger partial charge in [0.2, 0.25) is 10.0 Å². The highest BCUT2D eigenvalue weighted by molar-refractivity contribution is 7.92. The molecule has 1 aromatic rings. The van der Waals surface area contributed by atoms with E-state index >= 15 is 0 Å². The van der Waals surface area contributed by atoms with Gasteiger partial charge in [-0.05, 0) is 68.4 Å². The predicted molar refractivity (Wildman–Crippen MR) is 131 cm³/mol. The smallest absolute Gasteiger partial charge is 0.257 e. The maximum Gasteiger partial charge on any atom is 0.257 e. The normalized spacial score (nSPS) is 25.5. The molecule has 5 rings (SSSR count). The number of rotatable bonds is 4. The Balaban J connectivity index is 1.70. The maximum absolute atomic E-state index is 13.3. The summed E-state index contributed by atoms with van der Waals surface area (Å²) >= 11 is 0. The van der Waals surface area contributed by atoms with E-state index in [4.69, 9.17) is 5.11 Å². The zero-order valence-corrected chi connectivity index (χ0v) is 19.5. The van der Waals surface area contributed by atoms with Gasteiger partial charge in [-0.25, -0.2) is 8.42 Å². The van der Waals surface area contributed by atoms with Gasteiger partial charge in [0, 0.05) is 31.0 Å². The van der Waals surface area contributed by atoms with Gasteiger partial charge in [-0.3, -0.25) is 9.52 Å². The molecule has 0 aromatic heterocycles. The molecule has 8 nitrogen and oxygen atoms in total. The topological polar surface area (TPSA) is 111 Å². The number of carbonyl (C=O) groups is 1. The molecule has 3 aliphatic heterocycles. The van der Waals surface area contributed by atoms with Gasteiger partial charge in [-0.15, -0.1) is 0 Å². The Hall–Kier alpha value is -2.78. The van der Waals surface area contributed by atoms with Gasteiger partial charge in [0.1, 0.15) is 0 Å². The lowest BCUT2D eigenvalue weighted by molar-refractivity contribution is 0.0967. The molecule has 1 saturated heterocycles. The van der Waals surface area contributed by atoms with Gasteiger partial charge in [0.15, 0.2) is 0 Å². The Bertz CT molecular complexity index is 1080. The molecule has 0 spiro atoms. The number of benzene rings is 1. The molecule has 3 heterocycles. The number of allylic oxidation sites excluding steroid dienone is 5. The SMILES string of the molecule is O=C1NC2=C/CC\C(=C/C=C\2)NCCC2CCCN(C2)c2cc(NS(=O)(=O)CCO)ccc21. The molecule has 1 aliphatic carbocycles. The fraction of sp³-hybridized carbons (Fsp3) is 0.458. The summed E-state index contributed by atoms with van der Waals surface area (Å²) in [5.74, 6) is -0.108. The van der Waals surface area contributed by atoms with Crippen LogP contribution in [0.4, 0.5) is 11.4 Å². The third-order valence-corrected chi connectivity index (χ3v) is 7.52. The van der Waals surface area contributed by atoms with Crippen LogP contribution in [0.25, 0.3) is 0 Å². The number of nitrogens with zero attached hydrogens (tertiary/aromatic N) is 1. The summed E-state index contributed by atoms with van der Waals surface area (Å²) in [6.07, 6.45) is 12.9. The first-order valence-electron chi connectivity index (χ1n) is 11.6. The lowest BCUT2D eigenvalue weighted by Gasteiger charge is -2.36. The van der Waals surface area contributed by atoms with E-state index in [9.17, 15) is 13.2 Å². The van der Waals surface area contributed by atoms with Crippen molar-refractivity contribution < 1.29 is 18.3 Å². The first kappa shape index (κ1) is 23.4. The minimum Gasteiger partial charge on any atom is -0.395 e. The molecule has 33 heavy (non-hydrogen) atoms. The lowest BCUT2D eigenvalue weighted by atomic mass is 9.93. The zero-order chi connectivity index (χ0) is 23.3. The number of amides is 1. The van der Waals surface area contributed by atoms with Gasteiger partial charge in [0.05, 0.1) is 29.3 Å². The largest absolute Gasteiger partial charge is 0.395 e. The highest BCUT2D eigenvalue weighted by Crippen LogP contribution is 2.31. The molecule has 1 aromatic carbocycles. The molecule has 1 fully saturated rings. The summed E-state index contributed by atoms with van der Waals surface area (Å²) in [6, 6.07) is 5.01. The summed E-state index contributed by atoms with van der Waals surface area (Å²) in [7, 11) is -3.66. The predicted octanol–water partition coefficient (Wildman–Crippen LogP) is 2.48. The molecule has 4 aliphatic rings. The Morgan fingerprint density at radius 3 is 2.97 bits per heavy atom. The van der Waals surface area contributed by atoms with Crippen molar-refractivity contribution in [1.29, 1.82) is 0 Å². The maximum atomic E-state index is 13.3. The Kier molecular flexibility index (Phi) is 7.39. The van der Waals surface area contributed by atoms with Crippen LogP contribution in [0.15, 0.2) is 53.9 Å². The second-order valence-electron chi connectivity index (χ2n) is 8.75. The number of carbonyl (C=O) groups excluding carboxylic acids is 1. The van der Waals surface area contributed by atoms with Crippen molar-refractivity contribution in [3.63, 3.8) is 0 Å². The number of anilines is 2. The monoisotopic (exact) mass is 472 g/mol. The number of sulfonamides is 1. The van der Waals surface area contributed by atoms with Crippen LogP contribution in [0, 0.1) is 5.92 Å². The Morgan fingerprint density at radius 2 is 2.12 bits per heavy atom. The van der Waals surface area contributed by atoms with Crippen LogP contribution in [0.2, 0.25) is 0 Å². The standard InChI is InChI=1S/C24H32N4O4S/c29-14-15-33(31,32)27-21-9-10-22-23(16-21)28-13-3-4-18(17-28)11-12-25-19-5-1-7-20(8-2-6-19)26-24(22)30/h1,5,7-10,16,18,25,27,29H,2-4,6,11-15,17H2,(H,26,30)/b7-1-,19-5+,20-8+. The van der Waals surface area contributed by atoms with E-state index < -0.39 is 16.6 Å². The van der Waals surface area contributed by atoms with Crippen LogP contribution in [0.1, 0.15) is 42.5 Å². The van der Waals surface area contributed by atoms with E-state index in [0.717, 1.165) is 63.1 Å². The van der Waals surface area contributed by atoms with Gasteiger partial charge < -0.3 is 20.6 Å². The number of fused-ring (bicyclic) bond motifs is 6. The van der Waals surface area contributed by atoms with E-state index in [-0.39, 0.29) is 11.7 Å². The highest BCUT2D eigenvalue weighted by Gasteiger charge is 2.25. The van der Waals surface area contributed by atoms with Gasteiger partial charge in [-0.2, -0.15) is 0 Å². The van der Waals surface area contributed by atoms with Crippen molar-refractivity contribution in [2.45, 2.75) is 32.1 Å². The molecule has 1 unspecified atom stereocenters. The van der Waals surface area contributed by atoms with E-state index in [0.29, 0.717) is 17.2 Å². The number of hydrogen-bond acceptors (Lipinski definition) is 6. The Morgan fingerprint density at radius 1 is 1.24 bits per heavy atom. The molecule has 178 valence electrons. The summed E-state index contributed by atoms with van der Waals surface area (Å²) < 4.78 is 26.9. The van der Waals surface area contributed by atoms with Crippen LogP contribution >= 0.6 is 0 Å². The second-order valence-corrected chi connectivity index (χ2v) is 10.6. The van der Waals surface area contributed by atoms with Crippen molar-refractivity contribution in [3.8, 4) is 0 Å². The first-order chi connectivity index (χ1) is 15.9. The van der Waals surface area contributed by atoms with Crippen LogP contribution in [0.5, 0.6) is 0 Å². The van der Waals surface area contributed by atoms with Gasteiger partial charge >= 0.3 is 0 Å². The van der Waals surface area contributed by atoms with E-state index in [1.54, 1.807) is 18.2 Å². The Labute approximate surface area is 195 Å². The molecular formula is C24H32N4O4S.